The molecule has 19 heavy (non-hydrogen) atoms. The zero-order valence-corrected chi connectivity index (χ0v) is 10.6. The fraction of sp³-hybridized carbons (Fsp3) is 0.300. The summed E-state index contributed by atoms with van der Waals surface area (Å²) in [5, 5.41) is 9.40. The van der Waals surface area contributed by atoms with Crippen LogP contribution >= 0.6 is 15.9 Å². The predicted molar refractivity (Wildman–Crippen MR) is 62.5 cm³/mol. The van der Waals surface area contributed by atoms with E-state index < -0.39 is 29.7 Å². The predicted octanol–water partition coefficient (Wildman–Crippen LogP) is 2.55. The maximum Gasteiger partial charge on any atom is 0.336 e. The van der Waals surface area contributed by atoms with Crippen LogP contribution in [0.2, 0.25) is 0 Å². The van der Waals surface area contributed by atoms with Gasteiger partial charge in [0.2, 0.25) is 0 Å². The number of aromatic amines is 2. The van der Waals surface area contributed by atoms with E-state index in [1.165, 1.54) is 6.07 Å². The van der Waals surface area contributed by atoms with E-state index in [2.05, 4.69) is 25.9 Å². The molecular formula is C10H7BrF4N2O2. The summed E-state index contributed by atoms with van der Waals surface area (Å²) in [5.41, 5.74) is -0.581. The Morgan fingerprint density at radius 2 is 1.74 bits per heavy atom. The highest BCUT2D eigenvalue weighted by Gasteiger charge is 2.49. The Bertz CT molecular complexity index is 667. The lowest BCUT2D eigenvalue weighted by Gasteiger charge is -2.22. The number of H-pyrrole nitrogens is 2. The van der Waals surface area contributed by atoms with Crippen LogP contribution in [0.25, 0.3) is 11.0 Å². The highest BCUT2D eigenvalue weighted by atomic mass is 79.9. The van der Waals surface area contributed by atoms with Crippen LogP contribution < -0.4 is 5.69 Å². The van der Waals surface area contributed by atoms with E-state index in [4.69, 9.17) is 0 Å². The van der Waals surface area contributed by atoms with Crippen LogP contribution in [0.15, 0.2) is 21.4 Å². The molecule has 0 saturated carbocycles. The molecule has 1 aromatic heterocycles. The van der Waals surface area contributed by atoms with Gasteiger partial charge in [-0.05, 0) is 12.1 Å². The van der Waals surface area contributed by atoms with Gasteiger partial charge in [-0.25, -0.2) is 13.6 Å². The third-order valence-corrected chi connectivity index (χ3v) is 3.27. The first-order valence-corrected chi connectivity index (χ1v) is 5.78. The first-order chi connectivity index (χ1) is 8.73. The minimum atomic E-state index is -4.59. The average Bonchev–Trinajstić information content (AvgIpc) is 2.65. The molecular weight excluding hydrogens is 336 g/mol. The number of nitrogens with one attached hydrogen (secondary N) is 2. The molecule has 3 N–H and O–H groups in total. The molecule has 2 rings (SSSR count). The molecule has 9 heteroatoms. The smallest absolute Gasteiger partial charge is 0.336 e. The third-order valence-electron chi connectivity index (χ3n) is 2.58. The third kappa shape index (κ3) is 2.39. The molecule has 104 valence electrons. The van der Waals surface area contributed by atoms with Crippen molar-refractivity contribution in [3.63, 3.8) is 0 Å². The molecule has 0 amide bonds. The van der Waals surface area contributed by atoms with Crippen molar-refractivity contribution in [2.75, 3.05) is 0 Å². The molecule has 0 aliphatic carbocycles. The second kappa shape index (κ2) is 4.64. The van der Waals surface area contributed by atoms with E-state index in [-0.39, 0.29) is 9.99 Å². The van der Waals surface area contributed by atoms with Crippen molar-refractivity contribution in [2.24, 2.45) is 0 Å². The number of hydrogen-bond donors (Lipinski definition) is 3. The van der Waals surface area contributed by atoms with Crippen molar-refractivity contribution in [3.8, 4) is 0 Å². The number of aromatic nitrogens is 2. The Morgan fingerprint density at radius 3 is 2.26 bits per heavy atom. The molecule has 1 unspecified atom stereocenters. The summed E-state index contributed by atoms with van der Waals surface area (Å²) in [4.78, 5) is 15.7. The fourth-order valence-electron chi connectivity index (χ4n) is 1.61. The molecule has 1 heterocycles. The molecule has 0 bridgehead atoms. The second-order valence-corrected chi connectivity index (χ2v) is 4.73. The van der Waals surface area contributed by atoms with Crippen molar-refractivity contribution in [2.45, 2.75) is 18.5 Å². The molecule has 0 spiro atoms. The topological polar surface area (TPSA) is 68.9 Å². The average molecular weight is 343 g/mol. The molecule has 1 aromatic carbocycles. The van der Waals surface area contributed by atoms with E-state index in [1.54, 1.807) is 0 Å². The maximum atomic E-state index is 13.1. The highest BCUT2D eigenvalue weighted by Crippen LogP contribution is 2.39. The van der Waals surface area contributed by atoms with Gasteiger partial charge in [0, 0.05) is 10.0 Å². The van der Waals surface area contributed by atoms with E-state index in [1.807, 2.05) is 0 Å². The summed E-state index contributed by atoms with van der Waals surface area (Å²) in [6, 6.07) is 2.26. The standard InChI is InChI=1S/C10H7BrF4N2O2/c11-4-2-6-5(16-9(19)17-6)1-3(4)7(18)10(14,15)8(12)13/h1-2,7-8,18H,(H2,16,17,19). The highest BCUT2D eigenvalue weighted by molar-refractivity contribution is 9.10. The molecule has 4 nitrogen and oxygen atoms in total. The Morgan fingerprint density at radius 1 is 1.21 bits per heavy atom. The lowest BCUT2D eigenvalue weighted by molar-refractivity contribution is -0.194. The van der Waals surface area contributed by atoms with Crippen molar-refractivity contribution >= 4 is 27.0 Å². The summed E-state index contributed by atoms with van der Waals surface area (Å²) in [6.07, 6.45) is -6.69. The minimum absolute atomic E-state index is 0.0110. The Labute approximate surface area is 111 Å². The summed E-state index contributed by atoms with van der Waals surface area (Å²) in [7, 11) is 0. The van der Waals surface area contributed by atoms with Gasteiger partial charge in [-0.1, -0.05) is 15.9 Å². The molecule has 0 saturated heterocycles. The van der Waals surface area contributed by atoms with E-state index in [9.17, 15) is 27.5 Å². The van der Waals surface area contributed by atoms with Crippen LogP contribution in [0.3, 0.4) is 0 Å². The van der Waals surface area contributed by atoms with E-state index >= 15 is 0 Å². The Hall–Kier alpha value is -1.35. The molecule has 0 aliphatic rings. The van der Waals surface area contributed by atoms with Crippen molar-refractivity contribution in [3.05, 3.63) is 32.7 Å². The minimum Gasteiger partial charge on any atom is -0.382 e. The number of aliphatic hydroxyl groups excluding tert-OH is 1. The van der Waals surface area contributed by atoms with Crippen LogP contribution in [0.1, 0.15) is 11.7 Å². The zero-order valence-electron chi connectivity index (χ0n) is 9.05. The Kier molecular flexibility index (Phi) is 3.43. The first kappa shape index (κ1) is 14.1. The van der Waals surface area contributed by atoms with Gasteiger partial charge in [0.1, 0.15) is 6.10 Å². The monoisotopic (exact) mass is 342 g/mol. The first-order valence-electron chi connectivity index (χ1n) is 4.99. The SMILES string of the molecule is O=c1[nH]c2cc(Br)c(C(O)C(F)(F)C(F)F)cc2[nH]1. The lowest BCUT2D eigenvalue weighted by atomic mass is 10.0. The fourth-order valence-corrected chi connectivity index (χ4v) is 2.17. The van der Waals surface area contributed by atoms with Crippen LogP contribution in [0.5, 0.6) is 0 Å². The van der Waals surface area contributed by atoms with E-state index in [0.717, 1.165) is 6.07 Å². The molecule has 0 aliphatic heterocycles. The number of halogens is 5. The number of imidazole rings is 1. The van der Waals surface area contributed by atoms with E-state index in [0.29, 0.717) is 5.52 Å². The second-order valence-electron chi connectivity index (χ2n) is 3.88. The van der Waals surface area contributed by atoms with Crippen LogP contribution in [0, 0.1) is 0 Å². The van der Waals surface area contributed by atoms with Gasteiger partial charge in [-0.3, -0.25) is 0 Å². The number of aliphatic hydroxyl groups is 1. The molecule has 0 radical (unpaired) electrons. The molecule has 1 atom stereocenters. The number of benzene rings is 1. The van der Waals surface area contributed by atoms with Gasteiger partial charge in [0.25, 0.3) is 0 Å². The summed E-state index contributed by atoms with van der Waals surface area (Å²) in [6.45, 7) is 0. The summed E-state index contributed by atoms with van der Waals surface area (Å²) < 4.78 is 50.6. The van der Waals surface area contributed by atoms with Crippen LogP contribution in [-0.4, -0.2) is 27.4 Å². The summed E-state index contributed by atoms with van der Waals surface area (Å²) in [5.74, 6) is -4.59. The lowest BCUT2D eigenvalue weighted by Crippen LogP contribution is -2.34. The maximum absolute atomic E-state index is 13.1. The van der Waals surface area contributed by atoms with Crippen molar-refractivity contribution in [1.29, 1.82) is 0 Å². The van der Waals surface area contributed by atoms with Gasteiger partial charge in [0.15, 0.2) is 0 Å². The van der Waals surface area contributed by atoms with Crippen LogP contribution in [-0.2, 0) is 0 Å². The number of hydrogen-bond acceptors (Lipinski definition) is 2. The quantitative estimate of drug-likeness (QED) is 0.750. The Balaban J connectivity index is 2.55. The van der Waals surface area contributed by atoms with Gasteiger partial charge >= 0.3 is 18.0 Å². The largest absolute Gasteiger partial charge is 0.382 e. The van der Waals surface area contributed by atoms with Gasteiger partial charge in [0.05, 0.1) is 11.0 Å². The zero-order chi connectivity index (χ0) is 14.4. The van der Waals surface area contributed by atoms with Crippen molar-refractivity contribution in [1.82, 2.24) is 9.97 Å². The van der Waals surface area contributed by atoms with Gasteiger partial charge in [-0.2, -0.15) is 8.78 Å². The van der Waals surface area contributed by atoms with Crippen LogP contribution in [0.4, 0.5) is 17.6 Å². The molecule has 2 aromatic rings. The molecule has 0 fully saturated rings. The number of rotatable bonds is 3. The number of alkyl halides is 4. The number of fused-ring (bicyclic) bond motifs is 1. The summed E-state index contributed by atoms with van der Waals surface area (Å²) >= 11 is 2.89. The van der Waals surface area contributed by atoms with Gasteiger partial charge < -0.3 is 15.1 Å². The van der Waals surface area contributed by atoms with Gasteiger partial charge in [-0.15, -0.1) is 0 Å². The normalized spacial score (nSPS) is 14.3. The van der Waals surface area contributed by atoms with Crippen molar-refractivity contribution < 1.29 is 22.7 Å².